The molecule has 0 radical (unpaired) electrons. The van der Waals surface area contributed by atoms with Crippen molar-refractivity contribution in [1.29, 1.82) is 0 Å². The van der Waals surface area contributed by atoms with Crippen molar-refractivity contribution in [2.24, 2.45) is 0 Å². The molecule has 3 heteroatoms. The molecule has 2 rings (SSSR count). The molecule has 0 saturated carbocycles. The van der Waals surface area contributed by atoms with Crippen molar-refractivity contribution in [3.8, 4) is 0 Å². The van der Waals surface area contributed by atoms with E-state index in [0.29, 0.717) is 0 Å². The van der Waals surface area contributed by atoms with Crippen molar-refractivity contribution in [1.82, 2.24) is 9.88 Å². The maximum Gasteiger partial charge on any atom is 0.0810 e. The van der Waals surface area contributed by atoms with E-state index in [-0.39, 0.29) is 6.10 Å². The van der Waals surface area contributed by atoms with E-state index in [0.717, 1.165) is 19.4 Å². The number of allylic oxidation sites excluding steroid dienone is 1. The number of hydrogen-bond acceptors (Lipinski definition) is 2. The lowest BCUT2D eigenvalue weighted by Crippen LogP contribution is -2.23. The van der Waals surface area contributed by atoms with Gasteiger partial charge < -0.3 is 14.6 Å². The molecule has 1 N–H and O–H groups in total. The number of aromatic nitrogens is 1. The molecule has 0 spiro atoms. The highest BCUT2D eigenvalue weighted by molar-refractivity contribution is 5.65. The summed E-state index contributed by atoms with van der Waals surface area (Å²) in [4.78, 5) is 0. The van der Waals surface area contributed by atoms with Crippen LogP contribution < -0.4 is 5.32 Å². The summed E-state index contributed by atoms with van der Waals surface area (Å²) in [6, 6.07) is 2.13. The Morgan fingerprint density at radius 2 is 2.33 bits per heavy atom. The number of ether oxygens (including phenoxy) is 1. The molecule has 0 aliphatic heterocycles. The first-order valence-electron chi connectivity index (χ1n) is 6.58. The first kappa shape index (κ1) is 13.0. The van der Waals surface area contributed by atoms with E-state index in [1.807, 2.05) is 0 Å². The van der Waals surface area contributed by atoms with Crippen molar-refractivity contribution in [2.45, 2.75) is 32.8 Å². The van der Waals surface area contributed by atoms with Crippen molar-refractivity contribution < 1.29 is 4.74 Å². The molecule has 0 fully saturated rings. The average Bonchev–Trinajstić information content (AvgIpc) is 2.82. The molecule has 1 heterocycles. The molecule has 1 atom stereocenters. The summed E-state index contributed by atoms with van der Waals surface area (Å²) in [6.07, 6.45) is 10.9. The second-order valence-corrected chi connectivity index (χ2v) is 4.70. The zero-order valence-electron chi connectivity index (χ0n) is 11.4. The summed E-state index contributed by atoms with van der Waals surface area (Å²) < 4.78 is 7.60. The number of methoxy groups -OCH3 is 1. The van der Waals surface area contributed by atoms with Gasteiger partial charge in [0.2, 0.25) is 0 Å². The predicted molar refractivity (Wildman–Crippen MR) is 75.2 cm³/mol. The van der Waals surface area contributed by atoms with E-state index in [9.17, 15) is 0 Å². The number of nitrogens with one attached hydrogen (secondary N) is 1. The van der Waals surface area contributed by atoms with Gasteiger partial charge in [-0.2, -0.15) is 0 Å². The van der Waals surface area contributed by atoms with Crippen LogP contribution in [0.4, 0.5) is 0 Å². The Balaban J connectivity index is 2.22. The fourth-order valence-electron chi connectivity index (χ4n) is 2.15. The summed E-state index contributed by atoms with van der Waals surface area (Å²) in [6.45, 7) is 5.27. The molecule has 1 aromatic heterocycles. The van der Waals surface area contributed by atoms with Crippen molar-refractivity contribution in [2.75, 3.05) is 13.7 Å². The van der Waals surface area contributed by atoms with Gasteiger partial charge in [0.05, 0.1) is 17.5 Å². The zero-order valence-corrected chi connectivity index (χ0v) is 11.4. The van der Waals surface area contributed by atoms with E-state index in [2.05, 4.69) is 54.3 Å². The van der Waals surface area contributed by atoms with E-state index in [1.165, 1.54) is 17.0 Å². The van der Waals surface area contributed by atoms with Crippen LogP contribution in [-0.4, -0.2) is 24.3 Å². The normalized spacial score (nSPS) is 19.4. The van der Waals surface area contributed by atoms with E-state index in [1.54, 1.807) is 7.11 Å². The molecular weight excluding hydrogens is 224 g/mol. The molecule has 1 unspecified atom stereocenters. The molecule has 0 aromatic carbocycles. The molecule has 0 bridgehead atoms. The SMILES string of the molecule is CCCNC1=CC(OC)CC=C1n1ccc(C)c1. The van der Waals surface area contributed by atoms with Crippen molar-refractivity contribution in [3.63, 3.8) is 0 Å². The molecule has 1 aliphatic rings. The van der Waals surface area contributed by atoms with Crippen LogP contribution in [0.1, 0.15) is 25.3 Å². The number of aryl methyl sites for hydroxylation is 1. The molecular formula is C15H22N2O. The van der Waals surface area contributed by atoms with Crippen molar-refractivity contribution >= 4 is 5.70 Å². The summed E-state index contributed by atoms with van der Waals surface area (Å²) in [7, 11) is 1.76. The van der Waals surface area contributed by atoms with Gasteiger partial charge in [0.25, 0.3) is 0 Å². The quantitative estimate of drug-likeness (QED) is 0.864. The van der Waals surface area contributed by atoms with Gasteiger partial charge in [0.1, 0.15) is 0 Å². The first-order chi connectivity index (χ1) is 8.74. The maximum atomic E-state index is 5.42. The minimum Gasteiger partial charge on any atom is -0.384 e. The smallest absolute Gasteiger partial charge is 0.0810 e. The summed E-state index contributed by atoms with van der Waals surface area (Å²) in [5.41, 5.74) is 3.68. The standard InChI is InChI=1S/C15H22N2O/c1-4-8-16-14-10-13(18-3)5-6-15(14)17-9-7-12(2)11-17/h6-7,9-11,13,16H,4-5,8H2,1-3H3. The van der Waals surface area contributed by atoms with E-state index < -0.39 is 0 Å². The van der Waals surface area contributed by atoms with Gasteiger partial charge >= 0.3 is 0 Å². The monoisotopic (exact) mass is 246 g/mol. The van der Waals surface area contributed by atoms with Crippen LogP contribution in [0.15, 0.2) is 36.3 Å². The van der Waals surface area contributed by atoms with Gasteiger partial charge in [-0.1, -0.05) is 13.0 Å². The van der Waals surface area contributed by atoms with Gasteiger partial charge in [-0.3, -0.25) is 0 Å². The third-order valence-electron chi connectivity index (χ3n) is 3.16. The highest BCUT2D eigenvalue weighted by Gasteiger charge is 2.16. The first-order valence-corrected chi connectivity index (χ1v) is 6.58. The highest BCUT2D eigenvalue weighted by atomic mass is 16.5. The van der Waals surface area contributed by atoms with Crippen LogP contribution in [0.25, 0.3) is 5.70 Å². The predicted octanol–water partition coefficient (Wildman–Crippen LogP) is 2.94. The molecule has 18 heavy (non-hydrogen) atoms. The minimum atomic E-state index is 0.185. The van der Waals surface area contributed by atoms with Crippen LogP contribution in [-0.2, 0) is 4.74 Å². The second kappa shape index (κ2) is 5.91. The molecule has 0 saturated heterocycles. The lowest BCUT2D eigenvalue weighted by molar-refractivity contribution is 0.141. The van der Waals surface area contributed by atoms with E-state index >= 15 is 0 Å². The van der Waals surface area contributed by atoms with E-state index in [4.69, 9.17) is 4.74 Å². The zero-order chi connectivity index (χ0) is 13.0. The summed E-state index contributed by atoms with van der Waals surface area (Å²) in [5, 5.41) is 3.49. The van der Waals surface area contributed by atoms with Crippen LogP contribution in [0.3, 0.4) is 0 Å². The Morgan fingerprint density at radius 1 is 1.50 bits per heavy atom. The summed E-state index contributed by atoms with van der Waals surface area (Å²) >= 11 is 0. The van der Waals surface area contributed by atoms with Gasteiger partial charge in [-0.15, -0.1) is 0 Å². The average molecular weight is 246 g/mol. The van der Waals surface area contributed by atoms with Gasteiger partial charge in [-0.05, 0) is 37.5 Å². The Morgan fingerprint density at radius 3 is 2.94 bits per heavy atom. The molecule has 1 aromatic rings. The third-order valence-corrected chi connectivity index (χ3v) is 3.16. The van der Waals surface area contributed by atoms with Gasteiger partial charge in [-0.25, -0.2) is 0 Å². The second-order valence-electron chi connectivity index (χ2n) is 4.70. The fraction of sp³-hybridized carbons (Fsp3) is 0.467. The largest absolute Gasteiger partial charge is 0.384 e. The fourth-order valence-corrected chi connectivity index (χ4v) is 2.15. The topological polar surface area (TPSA) is 26.2 Å². The molecule has 0 amide bonds. The van der Waals surface area contributed by atoms with Crippen molar-refractivity contribution in [3.05, 3.63) is 41.9 Å². The Bertz CT molecular complexity index is 457. The van der Waals surface area contributed by atoms with Crippen LogP contribution >= 0.6 is 0 Å². The highest BCUT2D eigenvalue weighted by Crippen LogP contribution is 2.23. The lowest BCUT2D eigenvalue weighted by atomic mass is 10.1. The number of rotatable bonds is 5. The van der Waals surface area contributed by atoms with Gasteiger partial charge in [0, 0.05) is 26.0 Å². The minimum absolute atomic E-state index is 0.185. The number of nitrogens with zero attached hydrogens (tertiary/aromatic N) is 1. The molecule has 3 nitrogen and oxygen atoms in total. The van der Waals surface area contributed by atoms with Crippen LogP contribution in [0.2, 0.25) is 0 Å². The Labute approximate surface area is 109 Å². The Hall–Kier alpha value is -1.48. The Kier molecular flexibility index (Phi) is 4.26. The van der Waals surface area contributed by atoms with Crippen LogP contribution in [0, 0.1) is 6.92 Å². The van der Waals surface area contributed by atoms with Gasteiger partial charge in [0.15, 0.2) is 0 Å². The van der Waals surface area contributed by atoms with Crippen LogP contribution in [0.5, 0.6) is 0 Å². The summed E-state index contributed by atoms with van der Waals surface area (Å²) in [5.74, 6) is 0. The maximum absolute atomic E-state index is 5.42. The third kappa shape index (κ3) is 2.85. The molecule has 1 aliphatic carbocycles. The molecule has 98 valence electrons. The lowest BCUT2D eigenvalue weighted by Gasteiger charge is -2.23. The number of hydrogen-bond donors (Lipinski definition) is 1.